The van der Waals surface area contributed by atoms with Gasteiger partial charge >= 0.3 is 0 Å². The maximum absolute atomic E-state index is 7.31. The fourth-order valence-electron chi connectivity index (χ4n) is 1.41. The highest BCUT2D eigenvalue weighted by Gasteiger charge is 2.06. The summed E-state index contributed by atoms with van der Waals surface area (Å²) in [6.45, 7) is 0. The van der Waals surface area contributed by atoms with Crippen LogP contribution in [0.1, 0.15) is 5.56 Å². The number of amidine groups is 1. The van der Waals surface area contributed by atoms with Crippen molar-refractivity contribution in [3.63, 3.8) is 0 Å². The molecule has 0 bridgehead atoms. The van der Waals surface area contributed by atoms with E-state index < -0.39 is 0 Å². The standard InChI is InChI=1S/C13H10Cl2N2O/c14-9-2-1-3-10(7-9)18-12-5-4-8(13(16)17)6-11(12)15/h1-7H,(H3,16,17). The monoisotopic (exact) mass is 280 g/mol. The Labute approximate surface area is 115 Å². The molecule has 0 amide bonds. The molecule has 0 spiro atoms. The van der Waals surface area contributed by atoms with E-state index in [1.165, 1.54) is 0 Å². The molecule has 18 heavy (non-hydrogen) atoms. The van der Waals surface area contributed by atoms with Gasteiger partial charge in [0.15, 0.2) is 0 Å². The normalized spacial score (nSPS) is 10.1. The van der Waals surface area contributed by atoms with Crippen LogP contribution in [-0.4, -0.2) is 5.84 Å². The first-order valence-electron chi connectivity index (χ1n) is 5.13. The van der Waals surface area contributed by atoms with Gasteiger partial charge in [0.05, 0.1) is 5.02 Å². The lowest BCUT2D eigenvalue weighted by Gasteiger charge is -2.09. The molecule has 0 radical (unpaired) electrons. The van der Waals surface area contributed by atoms with E-state index in [-0.39, 0.29) is 5.84 Å². The van der Waals surface area contributed by atoms with Gasteiger partial charge in [-0.1, -0.05) is 29.3 Å². The summed E-state index contributed by atoms with van der Waals surface area (Å²) in [6, 6.07) is 11.9. The highest BCUT2D eigenvalue weighted by Crippen LogP contribution is 2.31. The average molecular weight is 281 g/mol. The molecule has 2 rings (SSSR count). The minimum absolute atomic E-state index is 0.0359. The molecule has 0 aliphatic heterocycles. The van der Waals surface area contributed by atoms with Crippen molar-refractivity contribution in [2.45, 2.75) is 0 Å². The van der Waals surface area contributed by atoms with Gasteiger partial charge in [-0.2, -0.15) is 0 Å². The van der Waals surface area contributed by atoms with Crippen LogP contribution in [0.2, 0.25) is 10.0 Å². The molecule has 0 saturated carbocycles. The lowest BCUT2D eigenvalue weighted by molar-refractivity contribution is 0.483. The van der Waals surface area contributed by atoms with Crippen molar-refractivity contribution in [3.05, 3.63) is 58.1 Å². The molecule has 0 aliphatic rings. The van der Waals surface area contributed by atoms with E-state index in [1.807, 2.05) is 0 Å². The van der Waals surface area contributed by atoms with Gasteiger partial charge in [-0.25, -0.2) is 0 Å². The molecule has 0 saturated heterocycles. The second kappa shape index (κ2) is 5.29. The van der Waals surface area contributed by atoms with Crippen molar-refractivity contribution in [1.29, 1.82) is 5.41 Å². The third-order valence-electron chi connectivity index (χ3n) is 2.27. The minimum Gasteiger partial charge on any atom is -0.456 e. The van der Waals surface area contributed by atoms with Crippen molar-refractivity contribution >= 4 is 29.0 Å². The fraction of sp³-hybridized carbons (Fsp3) is 0. The Balaban J connectivity index is 2.27. The smallest absolute Gasteiger partial charge is 0.146 e. The summed E-state index contributed by atoms with van der Waals surface area (Å²) in [4.78, 5) is 0. The Kier molecular flexibility index (Phi) is 3.75. The topological polar surface area (TPSA) is 59.1 Å². The average Bonchev–Trinajstić information content (AvgIpc) is 2.31. The minimum atomic E-state index is -0.0359. The summed E-state index contributed by atoms with van der Waals surface area (Å²) in [6.07, 6.45) is 0. The molecule has 0 aliphatic carbocycles. The first kappa shape index (κ1) is 12.7. The Morgan fingerprint density at radius 1 is 1.11 bits per heavy atom. The number of ether oxygens (including phenoxy) is 1. The predicted molar refractivity (Wildman–Crippen MR) is 74.0 cm³/mol. The zero-order valence-corrected chi connectivity index (χ0v) is 10.8. The highest BCUT2D eigenvalue weighted by molar-refractivity contribution is 6.32. The van der Waals surface area contributed by atoms with Crippen LogP contribution in [0.3, 0.4) is 0 Å². The largest absolute Gasteiger partial charge is 0.456 e. The summed E-state index contributed by atoms with van der Waals surface area (Å²) >= 11 is 11.9. The molecule has 0 fully saturated rings. The first-order valence-corrected chi connectivity index (χ1v) is 5.89. The molecule has 0 heterocycles. The summed E-state index contributed by atoms with van der Waals surface area (Å²) in [5.41, 5.74) is 5.93. The molecule has 2 aromatic rings. The molecule has 0 unspecified atom stereocenters. The van der Waals surface area contributed by atoms with Crippen molar-refractivity contribution in [2.24, 2.45) is 5.73 Å². The van der Waals surface area contributed by atoms with E-state index in [0.29, 0.717) is 27.1 Å². The van der Waals surface area contributed by atoms with Gasteiger partial charge in [-0.15, -0.1) is 0 Å². The summed E-state index contributed by atoms with van der Waals surface area (Å²) in [7, 11) is 0. The van der Waals surface area contributed by atoms with Crippen molar-refractivity contribution < 1.29 is 4.74 Å². The van der Waals surface area contributed by atoms with Crippen LogP contribution in [0.25, 0.3) is 0 Å². The molecule has 0 aromatic heterocycles. The molecule has 2 aromatic carbocycles. The molecular formula is C13H10Cl2N2O. The van der Waals surface area contributed by atoms with Crippen LogP contribution in [-0.2, 0) is 0 Å². The molecule has 3 N–H and O–H groups in total. The van der Waals surface area contributed by atoms with Crippen LogP contribution in [0.15, 0.2) is 42.5 Å². The Hall–Kier alpha value is -1.71. The van der Waals surface area contributed by atoms with E-state index in [4.69, 9.17) is 39.1 Å². The van der Waals surface area contributed by atoms with Gasteiger partial charge in [0, 0.05) is 10.6 Å². The number of hydrogen-bond acceptors (Lipinski definition) is 2. The zero-order valence-electron chi connectivity index (χ0n) is 9.28. The second-order valence-corrected chi connectivity index (χ2v) is 4.46. The van der Waals surface area contributed by atoms with Gasteiger partial charge in [0.25, 0.3) is 0 Å². The second-order valence-electron chi connectivity index (χ2n) is 3.62. The maximum Gasteiger partial charge on any atom is 0.146 e. The molecule has 3 nitrogen and oxygen atoms in total. The lowest BCUT2D eigenvalue weighted by atomic mass is 10.2. The Morgan fingerprint density at radius 3 is 2.50 bits per heavy atom. The van der Waals surface area contributed by atoms with Crippen LogP contribution in [0, 0.1) is 5.41 Å². The maximum atomic E-state index is 7.31. The van der Waals surface area contributed by atoms with Crippen molar-refractivity contribution in [3.8, 4) is 11.5 Å². The van der Waals surface area contributed by atoms with Crippen LogP contribution < -0.4 is 10.5 Å². The van der Waals surface area contributed by atoms with Gasteiger partial charge in [-0.3, -0.25) is 5.41 Å². The number of nitrogens with two attached hydrogens (primary N) is 1. The summed E-state index contributed by atoms with van der Waals surface area (Å²) in [5.74, 6) is 1.05. The Morgan fingerprint density at radius 2 is 1.89 bits per heavy atom. The van der Waals surface area contributed by atoms with Crippen LogP contribution >= 0.6 is 23.2 Å². The lowest BCUT2D eigenvalue weighted by Crippen LogP contribution is -2.10. The van der Waals surface area contributed by atoms with Gasteiger partial charge in [-0.05, 0) is 36.4 Å². The third-order valence-corrected chi connectivity index (χ3v) is 2.80. The number of halogens is 2. The van der Waals surface area contributed by atoms with E-state index in [9.17, 15) is 0 Å². The van der Waals surface area contributed by atoms with Gasteiger partial charge in [0.2, 0.25) is 0 Å². The number of nitrogens with one attached hydrogen (secondary N) is 1. The van der Waals surface area contributed by atoms with Crippen molar-refractivity contribution in [1.82, 2.24) is 0 Å². The zero-order chi connectivity index (χ0) is 13.1. The van der Waals surface area contributed by atoms with Gasteiger partial charge in [0.1, 0.15) is 17.3 Å². The van der Waals surface area contributed by atoms with E-state index in [1.54, 1.807) is 42.5 Å². The number of hydrogen-bond donors (Lipinski definition) is 2. The fourth-order valence-corrected chi connectivity index (χ4v) is 1.81. The molecule has 0 atom stereocenters. The first-order chi connectivity index (χ1) is 8.56. The number of rotatable bonds is 3. The van der Waals surface area contributed by atoms with Crippen molar-refractivity contribution in [2.75, 3.05) is 0 Å². The quantitative estimate of drug-likeness (QED) is 0.658. The highest BCUT2D eigenvalue weighted by atomic mass is 35.5. The molecule has 5 heteroatoms. The predicted octanol–water partition coefficient (Wildman–Crippen LogP) is 4.07. The van der Waals surface area contributed by atoms with E-state index in [2.05, 4.69) is 0 Å². The summed E-state index contributed by atoms with van der Waals surface area (Å²) in [5, 5.41) is 8.29. The molecular weight excluding hydrogens is 271 g/mol. The molecule has 92 valence electrons. The number of benzene rings is 2. The van der Waals surface area contributed by atoms with E-state index in [0.717, 1.165) is 0 Å². The van der Waals surface area contributed by atoms with Gasteiger partial charge < -0.3 is 10.5 Å². The summed E-state index contributed by atoms with van der Waals surface area (Å²) < 4.78 is 5.60. The Bertz CT molecular complexity index is 599. The SMILES string of the molecule is N=C(N)c1ccc(Oc2cccc(Cl)c2)c(Cl)c1. The van der Waals surface area contributed by atoms with E-state index >= 15 is 0 Å². The van der Waals surface area contributed by atoms with Crippen LogP contribution in [0.5, 0.6) is 11.5 Å². The third kappa shape index (κ3) is 2.94. The van der Waals surface area contributed by atoms with Crippen LogP contribution in [0.4, 0.5) is 0 Å². The number of nitrogen functional groups attached to an aromatic ring is 1.